The summed E-state index contributed by atoms with van der Waals surface area (Å²) in [6, 6.07) is 10.5. The number of aliphatic hydroxyl groups excluding tert-OH is 1. The van der Waals surface area contributed by atoms with Gasteiger partial charge in [0, 0.05) is 38.8 Å². The van der Waals surface area contributed by atoms with Crippen LogP contribution in [0.15, 0.2) is 35.3 Å². The van der Waals surface area contributed by atoms with Crippen LogP contribution < -0.4 is 10.6 Å². The highest BCUT2D eigenvalue weighted by atomic mass is 127. The number of hydrogen-bond donors (Lipinski definition) is 3. The van der Waals surface area contributed by atoms with Gasteiger partial charge in [-0.05, 0) is 31.2 Å². The van der Waals surface area contributed by atoms with Gasteiger partial charge in [0.15, 0.2) is 5.96 Å². The van der Waals surface area contributed by atoms with Crippen LogP contribution in [0, 0.1) is 5.41 Å². The van der Waals surface area contributed by atoms with E-state index in [1.54, 1.807) is 7.05 Å². The first-order valence-corrected chi connectivity index (χ1v) is 8.45. The summed E-state index contributed by atoms with van der Waals surface area (Å²) in [6.07, 6.45) is 3.89. The Balaban J connectivity index is 0.00000288. The summed E-state index contributed by atoms with van der Waals surface area (Å²) in [6.45, 7) is 3.37. The fourth-order valence-electron chi connectivity index (χ4n) is 2.95. The largest absolute Gasteiger partial charge is 0.396 e. The van der Waals surface area contributed by atoms with Crippen molar-refractivity contribution in [2.45, 2.75) is 25.7 Å². The van der Waals surface area contributed by atoms with Gasteiger partial charge >= 0.3 is 0 Å². The Morgan fingerprint density at radius 2 is 2.08 bits per heavy atom. The van der Waals surface area contributed by atoms with Crippen molar-refractivity contribution in [3.63, 3.8) is 0 Å². The maximum absolute atomic E-state index is 9.27. The van der Waals surface area contributed by atoms with E-state index in [1.807, 2.05) is 6.07 Å². The van der Waals surface area contributed by atoms with Crippen LogP contribution in [-0.4, -0.2) is 51.0 Å². The van der Waals surface area contributed by atoms with Crippen molar-refractivity contribution in [3.05, 3.63) is 35.9 Å². The number of nitrogens with zero attached hydrogens (tertiary/aromatic N) is 1. The minimum absolute atomic E-state index is 0. The molecule has 1 fully saturated rings. The lowest BCUT2D eigenvalue weighted by Crippen LogP contribution is -2.44. The molecule has 1 aliphatic rings. The minimum atomic E-state index is 0. The maximum atomic E-state index is 9.27. The summed E-state index contributed by atoms with van der Waals surface area (Å²) >= 11 is 0. The quantitative estimate of drug-likeness (QED) is 0.248. The number of aliphatic hydroxyl groups is 1. The molecule has 0 bridgehead atoms. The van der Waals surface area contributed by atoms with Crippen LogP contribution in [-0.2, 0) is 11.2 Å². The Bertz CT molecular complexity index is 476. The monoisotopic (exact) mass is 447 g/mol. The van der Waals surface area contributed by atoms with Crippen LogP contribution in [0.25, 0.3) is 0 Å². The van der Waals surface area contributed by atoms with Crippen molar-refractivity contribution in [2.75, 3.05) is 40.0 Å². The van der Waals surface area contributed by atoms with Gasteiger partial charge in [-0.15, -0.1) is 24.0 Å². The fraction of sp³-hybridized carbons (Fsp3) is 0.611. The van der Waals surface area contributed by atoms with E-state index in [-0.39, 0.29) is 36.0 Å². The fourth-order valence-corrected chi connectivity index (χ4v) is 2.95. The first kappa shape index (κ1) is 21.2. The molecule has 0 radical (unpaired) electrons. The van der Waals surface area contributed by atoms with Crippen molar-refractivity contribution in [1.29, 1.82) is 0 Å². The van der Waals surface area contributed by atoms with E-state index in [4.69, 9.17) is 4.74 Å². The van der Waals surface area contributed by atoms with E-state index < -0.39 is 0 Å². The predicted molar refractivity (Wildman–Crippen MR) is 109 cm³/mol. The summed E-state index contributed by atoms with van der Waals surface area (Å²) in [7, 11) is 1.79. The molecule has 0 spiro atoms. The molecule has 1 aliphatic heterocycles. The third-order valence-electron chi connectivity index (χ3n) is 4.46. The van der Waals surface area contributed by atoms with E-state index in [1.165, 1.54) is 5.56 Å². The Hall–Kier alpha value is -0.860. The molecule has 136 valence electrons. The molecule has 24 heavy (non-hydrogen) atoms. The molecule has 1 saturated heterocycles. The van der Waals surface area contributed by atoms with Crippen LogP contribution in [0.2, 0.25) is 0 Å². The Morgan fingerprint density at radius 3 is 2.71 bits per heavy atom. The van der Waals surface area contributed by atoms with E-state index in [9.17, 15) is 5.11 Å². The van der Waals surface area contributed by atoms with E-state index in [0.29, 0.717) is 6.61 Å². The molecule has 1 aromatic rings. The number of rotatable bonds is 8. The smallest absolute Gasteiger partial charge is 0.190 e. The molecule has 1 heterocycles. The van der Waals surface area contributed by atoms with E-state index in [0.717, 1.165) is 51.3 Å². The highest BCUT2D eigenvalue weighted by Crippen LogP contribution is 2.31. The van der Waals surface area contributed by atoms with Gasteiger partial charge < -0.3 is 20.5 Å². The zero-order valence-corrected chi connectivity index (χ0v) is 16.8. The molecule has 1 atom stereocenters. The molecule has 6 heteroatoms. The lowest BCUT2D eigenvalue weighted by atomic mass is 9.84. The number of aliphatic imine (C=N–C) groups is 1. The van der Waals surface area contributed by atoms with Gasteiger partial charge in [0.2, 0.25) is 0 Å². The SMILES string of the molecule is CN=C(NCCCc1ccccc1)NCC1(CCO)CCOC1.I. The molecular formula is C18H30IN3O2. The van der Waals surface area contributed by atoms with E-state index in [2.05, 4.69) is 39.9 Å². The number of ether oxygens (including phenoxy) is 1. The molecule has 2 rings (SSSR count). The highest BCUT2D eigenvalue weighted by molar-refractivity contribution is 14.0. The second kappa shape index (κ2) is 11.7. The Morgan fingerprint density at radius 1 is 1.29 bits per heavy atom. The molecule has 1 unspecified atom stereocenters. The Labute approximate surface area is 162 Å². The predicted octanol–water partition coefficient (Wildman–Crippen LogP) is 2.19. The highest BCUT2D eigenvalue weighted by Gasteiger charge is 2.34. The van der Waals surface area contributed by atoms with Crippen molar-refractivity contribution < 1.29 is 9.84 Å². The molecule has 0 aliphatic carbocycles. The van der Waals surface area contributed by atoms with Gasteiger partial charge in [-0.1, -0.05) is 30.3 Å². The van der Waals surface area contributed by atoms with Crippen LogP contribution in [0.3, 0.4) is 0 Å². The molecule has 0 aromatic heterocycles. The molecule has 0 amide bonds. The van der Waals surface area contributed by atoms with E-state index >= 15 is 0 Å². The average molecular weight is 447 g/mol. The molecule has 1 aromatic carbocycles. The third-order valence-corrected chi connectivity index (χ3v) is 4.46. The van der Waals surface area contributed by atoms with Crippen molar-refractivity contribution in [3.8, 4) is 0 Å². The van der Waals surface area contributed by atoms with Crippen LogP contribution >= 0.6 is 24.0 Å². The van der Waals surface area contributed by atoms with Crippen molar-refractivity contribution >= 4 is 29.9 Å². The summed E-state index contributed by atoms with van der Waals surface area (Å²) in [5.41, 5.74) is 1.40. The lowest BCUT2D eigenvalue weighted by Gasteiger charge is -2.27. The minimum Gasteiger partial charge on any atom is -0.396 e. The Kier molecular flexibility index (Phi) is 10.3. The van der Waals surface area contributed by atoms with Gasteiger partial charge in [0.05, 0.1) is 6.61 Å². The summed E-state index contributed by atoms with van der Waals surface area (Å²) in [5, 5.41) is 16.0. The number of nitrogens with one attached hydrogen (secondary N) is 2. The second-order valence-corrected chi connectivity index (χ2v) is 6.22. The number of halogens is 1. The topological polar surface area (TPSA) is 65.9 Å². The zero-order valence-electron chi connectivity index (χ0n) is 14.5. The van der Waals surface area contributed by atoms with Gasteiger partial charge in [-0.3, -0.25) is 4.99 Å². The van der Waals surface area contributed by atoms with Crippen LogP contribution in [0.1, 0.15) is 24.8 Å². The van der Waals surface area contributed by atoms with Gasteiger partial charge in [0.1, 0.15) is 0 Å². The standard InChI is InChI=1S/C18H29N3O2.HI/c1-19-17(20-11-5-8-16-6-3-2-4-7-16)21-14-18(9-12-22)10-13-23-15-18;/h2-4,6-7,22H,5,8-15H2,1H3,(H2,19,20,21);1H. The first-order chi connectivity index (χ1) is 11.3. The summed E-state index contributed by atoms with van der Waals surface area (Å²) in [5.74, 6) is 0.822. The number of benzene rings is 1. The normalized spacial score (nSPS) is 20.5. The summed E-state index contributed by atoms with van der Waals surface area (Å²) < 4.78 is 5.52. The first-order valence-electron chi connectivity index (χ1n) is 8.45. The molecule has 5 nitrogen and oxygen atoms in total. The van der Waals surface area contributed by atoms with Gasteiger partial charge in [0.25, 0.3) is 0 Å². The van der Waals surface area contributed by atoms with Gasteiger partial charge in [-0.2, -0.15) is 0 Å². The third kappa shape index (κ3) is 6.94. The average Bonchev–Trinajstić information content (AvgIpc) is 3.04. The van der Waals surface area contributed by atoms with Crippen molar-refractivity contribution in [2.24, 2.45) is 10.4 Å². The number of aryl methyl sites for hydroxylation is 1. The second-order valence-electron chi connectivity index (χ2n) is 6.22. The number of hydrogen-bond acceptors (Lipinski definition) is 3. The molecular weight excluding hydrogens is 417 g/mol. The van der Waals surface area contributed by atoms with Crippen LogP contribution in [0.5, 0.6) is 0 Å². The lowest BCUT2D eigenvalue weighted by molar-refractivity contribution is 0.127. The molecule has 3 N–H and O–H groups in total. The number of guanidine groups is 1. The molecule has 0 saturated carbocycles. The maximum Gasteiger partial charge on any atom is 0.190 e. The van der Waals surface area contributed by atoms with Gasteiger partial charge in [-0.25, -0.2) is 0 Å². The van der Waals surface area contributed by atoms with Crippen LogP contribution in [0.4, 0.5) is 0 Å². The zero-order chi connectivity index (χ0) is 16.4. The van der Waals surface area contributed by atoms with Crippen molar-refractivity contribution in [1.82, 2.24) is 10.6 Å². The summed E-state index contributed by atoms with van der Waals surface area (Å²) in [4.78, 5) is 4.28.